The third-order valence-corrected chi connectivity index (χ3v) is 4.79. The lowest BCUT2D eigenvalue weighted by Crippen LogP contribution is -2.48. The Morgan fingerprint density at radius 2 is 1.92 bits per heavy atom. The first-order valence-corrected chi connectivity index (χ1v) is 8.70. The molecule has 0 saturated carbocycles. The second kappa shape index (κ2) is 7.80. The van der Waals surface area contributed by atoms with E-state index >= 15 is 0 Å². The quantitative estimate of drug-likeness (QED) is 0.885. The van der Waals surface area contributed by atoms with Gasteiger partial charge in [0.2, 0.25) is 0 Å². The molecule has 3 rings (SSSR count). The second-order valence-electron chi connectivity index (χ2n) is 6.16. The highest BCUT2D eigenvalue weighted by atomic mass is 35.5. The third-order valence-electron chi connectivity index (χ3n) is 4.46. The number of fused-ring (bicyclic) bond motifs is 1. The molecule has 0 atom stereocenters. The zero-order chi connectivity index (χ0) is 17.8. The summed E-state index contributed by atoms with van der Waals surface area (Å²) in [7, 11) is 0. The Balaban J connectivity index is 1.60. The molecule has 25 heavy (non-hydrogen) atoms. The van der Waals surface area contributed by atoms with Crippen molar-refractivity contribution in [1.29, 1.82) is 0 Å². The van der Waals surface area contributed by atoms with Gasteiger partial charge in [0.25, 0.3) is 5.91 Å². The molecule has 1 saturated heterocycles. The van der Waals surface area contributed by atoms with Gasteiger partial charge < -0.3 is 10.0 Å². The van der Waals surface area contributed by atoms with Crippen molar-refractivity contribution in [3.05, 3.63) is 41.0 Å². The van der Waals surface area contributed by atoms with Crippen LogP contribution in [0.15, 0.2) is 30.5 Å². The van der Waals surface area contributed by atoms with Crippen LogP contribution < -0.4 is 0 Å². The summed E-state index contributed by atoms with van der Waals surface area (Å²) in [6, 6.07) is 7.13. The number of aromatic nitrogens is 1. The van der Waals surface area contributed by atoms with Crippen molar-refractivity contribution < 1.29 is 14.7 Å². The van der Waals surface area contributed by atoms with E-state index in [-0.39, 0.29) is 12.3 Å². The first kappa shape index (κ1) is 17.6. The summed E-state index contributed by atoms with van der Waals surface area (Å²) < 4.78 is 0. The summed E-state index contributed by atoms with van der Waals surface area (Å²) in [5, 5.41) is 10.2. The first-order valence-electron chi connectivity index (χ1n) is 8.32. The van der Waals surface area contributed by atoms with Crippen molar-refractivity contribution in [2.45, 2.75) is 12.8 Å². The lowest BCUT2D eigenvalue weighted by Gasteiger charge is -2.34. The van der Waals surface area contributed by atoms with E-state index in [1.807, 2.05) is 11.0 Å². The van der Waals surface area contributed by atoms with Crippen LogP contribution in [-0.2, 0) is 4.79 Å². The van der Waals surface area contributed by atoms with E-state index in [0.29, 0.717) is 35.6 Å². The number of aliphatic carboxylic acids is 1. The van der Waals surface area contributed by atoms with Gasteiger partial charge >= 0.3 is 5.97 Å². The highest BCUT2D eigenvalue weighted by Crippen LogP contribution is 2.23. The summed E-state index contributed by atoms with van der Waals surface area (Å²) in [6.45, 7) is 3.58. The fourth-order valence-corrected chi connectivity index (χ4v) is 3.27. The average molecular weight is 362 g/mol. The first-order chi connectivity index (χ1) is 12.0. The normalized spacial score (nSPS) is 15.5. The molecule has 7 heteroatoms. The molecule has 0 bridgehead atoms. The van der Waals surface area contributed by atoms with Crippen LogP contribution in [0.3, 0.4) is 0 Å². The maximum absolute atomic E-state index is 12.7. The van der Waals surface area contributed by atoms with Crippen molar-refractivity contribution in [1.82, 2.24) is 14.8 Å². The number of carboxylic acids is 1. The van der Waals surface area contributed by atoms with Gasteiger partial charge in [0.05, 0.1) is 10.5 Å². The van der Waals surface area contributed by atoms with Crippen molar-refractivity contribution in [3.8, 4) is 0 Å². The van der Waals surface area contributed by atoms with Crippen LogP contribution in [-0.4, -0.2) is 64.5 Å². The van der Waals surface area contributed by atoms with E-state index in [1.165, 1.54) is 0 Å². The van der Waals surface area contributed by atoms with E-state index in [0.717, 1.165) is 25.0 Å². The van der Waals surface area contributed by atoms with Gasteiger partial charge in [0, 0.05) is 49.7 Å². The van der Waals surface area contributed by atoms with E-state index < -0.39 is 5.97 Å². The molecule has 6 nitrogen and oxygen atoms in total. The highest BCUT2D eigenvalue weighted by molar-refractivity contribution is 6.35. The second-order valence-corrected chi connectivity index (χ2v) is 6.56. The Kier molecular flexibility index (Phi) is 5.50. The van der Waals surface area contributed by atoms with Crippen LogP contribution in [0.4, 0.5) is 0 Å². The number of amides is 1. The van der Waals surface area contributed by atoms with Crippen LogP contribution in [0.25, 0.3) is 10.9 Å². The summed E-state index contributed by atoms with van der Waals surface area (Å²) >= 11 is 6.14. The molecule has 1 N–H and O–H groups in total. The van der Waals surface area contributed by atoms with E-state index in [2.05, 4.69) is 9.88 Å². The molecule has 132 valence electrons. The number of pyridine rings is 1. The predicted octanol–water partition coefficient (Wildman–Crippen LogP) is 2.51. The summed E-state index contributed by atoms with van der Waals surface area (Å²) in [5.41, 5.74) is 1.33. The zero-order valence-corrected chi connectivity index (χ0v) is 14.6. The molecule has 1 aliphatic rings. The number of benzene rings is 1. The van der Waals surface area contributed by atoms with Gasteiger partial charge in [0.15, 0.2) is 0 Å². The van der Waals surface area contributed by atoms with Crippen LogP contribution in [0.5, 0.6) is 0 Å². The Morgan fingerprint density at radius 1 is 1.16 bits per heavy atom. The summed E-state index contributed by atoms with van der Waals surface area (Å²) in [6.07, 6.45) is 2.46. The van der Waals surface area contributed by atoms with Crippen LogP contribution >= 0.6 is 11.6 Å². The number of rotatable bonds is 5. The smallest absolute Gasteiger partial charge is 0.303 e. The van der Waals surface area contributed by atoms with E-state index in [9.17, 15) is 9.59 Å². The number of halogens is 1. The number of carbonyl (C=O) groups is 2. The molecule has 1 aromatic heterocycles. The van der Waals surface area contributed by atoms with Crippen molar-refractivity contribution in [3.63, 3.8) is 0 Å². The monoisotopic (exact) mass is 361 g/mol. The van der Waals surface area contributed by atoms with Gasteiger partial charge in [-0.1, -0.05) is 17.7 Å². The molecule has 0 aliphatic carbocycles. The predicted molar refractivity (Wildman–Crippen MR) is 96.0 cm³/mol. The molecule has 1 aliphatic heterocycles. The molecule has 2 heterocycles. The number of hydrogen-bond donors (Lipinski definition) is 1. The van der Waals surface area contributed by atoms with Crippen LogP contribution in [0.1, 0.15) is 23.2 Å². The Morgan fingerprint density at radius 3 is 2.64 bits per heavy atom. The molecule has 1 amide bonds. The summed E-state index contributed by atoms with van der Waals surface area (Å²) in [5.74, 6) is -0.771. The topological polar surface area (TPSA) is 73.7 Å². The van der Waals surface area contributed by atoms with Gasteiger partial charge in [-0.2, -0.15) is 0 Å². The van der Waals surface area contributed by atoms with Gasteiger partial charge in [0.1, 0.15) is 0 Å². The minimum atomic E-state index is -0.765. The molecular weight excluding hydrogens is 342 g/mol. The number of nitrogens with zero attached hydrogens (tertiary/aromatic N) is 3. The molecule has 1 aromatic carbocycles. The Labute approximate surface area is 151 Å². The minimum absolute atomic E-state index is 0.00568. The Bertz CT molecular complexity index is 788. The molecule has 0 spiro atoms. The fourth-order valence-electron chi connectivity index (χ4n) is 3.06. The third kappa shape index (κ3) is 4.27. The minimum Gasteiger partial charge on any atom is -0.481 e. The van der Waals surface area contributed by atoms with Gasteiger partial charge in [-0.15, -0.1) is 0 Å². The maximum atomic E-state index is 12.7. The molecule has 2 aromatic rings. The summed E-state index contributed by atoms with van der Waals surface area (Å²) in [4.78, 5) is 31.6. The number of hydrogen-bond acceptors (Lipinski definition) is 4. The Hall–Kier alpha value is -2.18. The SMILES string of the molecule is O=C(O)CCCN1CCN(C(=O)c2ccc3c(Cl)ccnc3c2)CC1. The molecule has 1 fully saturated rings. The lowest BCUT2D eigenvalue weighted by molar-refractivity contribution is -0.137. The van der Waals surface area contributed by atoms with Crippen molar-refractivity contribution in [2.24, 2.45) is 0 Å². The molecule has 0 radical (unpaired) electrons. The fraction of sp³-hybridized carbons (Fsp3) is 0.389. The lowest BCUT2D eigenvalue weighted by atomic mass is 10.1. The van der Waals surface area contributed by atoms with Crippen LogP contribution in [0, 0.1) is 0 Å². The average Bonchev–Trinajstić information content (AvgIpc) is 2.61. The molecule has 0 unspecified atom stereocenters. The van der Waals surface area contributed by atoms with Crippen molar-refractivity contribution in [2.75, 3.05) is 32.7 Å². The maximum Gasteiger partial charge on any atom is 0.303 e. The van der Waals surface area contributed by atoms with Crippen molar-refractivity contribution >= 4 is 34.4 Å². The standard InChI is InChI=1S/C18H20ClN3O3/c19-15-5-6-20-16-12-13(3-4-14(15)16)18(25)22-10-8-21(9-11-22)7-1-2-17(23)24/h3-6,12H,1-2,7-11H2,(H,23,24). The number of piperazine rings is 1. The molecular formula is C18H20ClN3O3. The van der Waals surface area contributed by atoms with Gasteiger partial charge in [-0.25, -0.2) is 0 Å². The largest absolute Gasteiger partial charge is 0.481 e. The van der Waals surface area contributed by atoms with E-state index in [4.69, 9.17) is 16.7 Å². The highest BCUT2D eigenvalue weighted by Gasteiger charge is 2.22. The number of carboxylic acid groups (broad SMARTS) is 1. The van der Waals surface area contributed by atoms with E-state index in [1.54, 1.807) is 24.4 Å². The van der Waals surface area contributed by atoms with Gasteiger partial charge in [-0.05, 0) is 31.2 Å². The van der Waals surface area contributed by atoms with Gasteiger partial charge in [-0.3, -0.25) is 19.5 Å². The zero-order valence-electron chi connectivity index (χ0n) is 13.8. The number of carbonyl (C=O) groups excluding carboxylic acids is 1. The van der Waals surface area contributed by atoms with Crippen LogP contribution in [0.2, 0.25) is 5.02 Å².